The Balaban J connectivity index is 1.57. The minimum atomic E-state index is -0.902. The second kappa shape index (κ2) is 7.43. The average molecular weight is 350 g/mol. The minimum Gasteiger partial charge on any atom is -0.383 e. The number of carbonyl (C=O) groups is 1. The molecule has 3 rings (SSSR count). The Morgan fingerprint density at radius 3 is 2.68 bits per heavy atom. The van der Waals surface area contributed by atoms with Crippen LogP contribution < -0.4 is 0 Å². The van der Waals surface area contributed by atoms with E-state index in [0.717, 1.165) is 38.3 Å². The first-order chi connectivity index (χ1) is 11.9. The van der Waals surface area contributed by atoms with Crippen LogP contribution in [-0.2, 0) is 23.1 Å². The summed E-state index contributed by atoms with van der Waals surface area (Å²) in [6.07, 6.45) is 4.54. The van der Waals surface area contributed by atoms with Gasteiger partial charge >= 0.3 is 0 Å². The van der Waals surface area contributed by atoms with Crippen LogP contribution in [-0.4, -0.2) is 74.9 Å². The molecule has 140 valence electrons. The Hall–Kier alpha value is -1.44. The molecule has 0 saturated carbocycles. The maximum atomic E-state index is 12.3. The molecule has 1 atom stereocenters. The lowest BCUT2D eigenvalue weighted by molar-refractivity contribution is -0.158. The number of ether oxygens (including phenoxy) is 1. The van der Waals surface area contributed by atoms with Gasteiger partial charge in [-0.3, -0.25) is 9.69 Å². The molecule has 7 heteroatoms. The molecule has 1 spiro atoms. The predicted octanol–water partition coefficient (Wildman–Crippen LogP) is 0.630. The van der Waals surface area contributed by atoms with Crippen molar-refractivity contribution in [3.05, 3.63) is 18.2 Å². The van der Waals surface area contributed by atoms with E-state index in [4.69, 9.17) is 4.74 Å². The smallest absolute Gasteiger partial charge is 0.251 e. The summed E-state index contributed by atoms with van der Waals surface area (Å²) in [5.41, 5.74) is -0.178. The molecule has 1 amide bonds. The van der Waals surface area contributed by atoms with Crippen molar-refractivity contribution in [1.29, 1.82) is 0 Å². The van der Waals surface area contributed by atoms with Crippen molar-refractivity contribution in [2.45, 2.75) is 44.9 Å². The highest BCUT2D eigenvalue weighted by atomic mass is 16.5. The van der Waals surface area contributed by atoms with E-state index in [1.54, 1.807) is 4.90 Å². The molecule has 0 aliphatic carbocycles. The molecule has 1 aromatic rings. The number of aliphatic hydroxyl groups excluding tert-OH is 1. The standard InChI is InChI=1S/C18H30N4O3/c1-14(2)16(23)17(24)22-7-4-18(5-8-22)13-21(10-11-25-18)12-15-19-6-9-20(15)3/h6,9,14,16,23H,4-5,7-8,10-13H2,1-3H3. The maximum Gasteiger partial charge on any atom is 0.251 e. The van der Waals surface area contributed by atoms with Gasteiger partial charge in [0.15, 0.2) is 0 Å². The second-order valence-electron chi connectivity index (χ2n) is 7.71. The summed E-state index contributed by atoms with van der Waals surface area (Å²) in [7, 11) is 2.02. The molecule has 2 fully saturated rings. The lowest BCUT2D eigenvalue weighted by Crippen LogP contribution is -2.58. The molecule has 2 aliphatic rings. The molecule has 7 nitrogen and oxygen atoms in total. The van der Waals surface area contributed by atoms with Crippen LogP contribution in [0.2, 0.25) is 0 Å². The Morgan fingerprint density at radius 1 is 1.36 bits per heavy atom. The van der Waals surface area contributed by atoms with Gasteiger partial charge in [0.2, 0.25) is 0 Å². The Morgan fingerprint density at radius 2 is 2.08 bits per heavy atom. The van der Waals surface area contributed by atoms with Gasteiger partial charge in [-0.1, -0.05) is 13.8 Å². The fourth-order valence-corrected chi connectivity index (χ4v) is 3.72. The Bertz CT molecular complexity index is 593. The zero-order valence-corrected chi connectivity index (χ0v) is 15.5. The van der Waals surface area contributed by atoms with E-state index >= 15 is 0 Å². The fourth-order valence-electron chi connectivity index (χ4n) is 3.72. The molecular weight excluding hydrogens is 320 g/mol. The van der Waals surface area contributed by atoms with E-state index in [0.29, 0.717) is 19.7 Å². The predicted molar refractivity (Wildman–Crippen MR) is 93.8 cm³/mol. The SMILES string of the molecule is CC(C)C(O)C(=O)N1CCC2(CC1)CN(Cc1nccn1C)CCO2. The summed E-state index contributed by atoms with van der Waals surface area (Å²) in [5.74, 6) is 0.859. The van der Waals surface area contributed by atoms with Crippen LogP contribution in [0.25, 0.3) is 0 Å². The zero-order chi connectivity index (χ0) is 18.0. The van der Waals surface area contributed by atoms with Gasteiger partial charge in [-0.2, -0.15) is 0 Å². The molecule has 0 radical (unpaired) electrons. The average Bonchev–Trinajstić information content (AvgIpc) is 2.99. The van der Waals surface area contributed by atoms with Crippen molar-refractivity contribution in [2.75, 3.05) is 32.8 Å². The van der Waals surface area contributed by atoms with Crippen LogP contribution in [0.5, 0.6) is 0 Å². The summed E-state index contributed by atoms with van der Waals surface area (Å²) in [4.78, 5) is 20.9. The number of aromatic nitrogens is 2. The number of aryl methyl sites for hydroxylation is 1. The highest BCUT2D eigenvalue weighted by Crippen LogP contribution is 2.31. The lowest BCUT2D eigenvalue weighted by atomic mass is 9.88. The molecule has 0 bridgehead atoms. The molecule has 2 aliphatic heterocycles. The van der Waals surface area contributed by atoms with Crippen LogP contribution in [0, 0.1) is 5.92 Å². The summed E-state index contributed by atoms with van der Waals surface area (Å²) in [6, 6.07) is 0. The van der Waals surface area contributed by atoms with Crippen molar-refractivity contribution in [2.24, 2.45) is 13.0 Å². The van der Waals surface area contributed by atoms with E-state index in [9.17, 15) is 9.90 Å². The van der Waals surface area contributed by atoms with Crippen LogP contribution in [0.4, 0.5) is 0 Å². The molecule has 0 aromatic carbocycles. The second-order valence-corrected chi connectivity index (χ2v) is 7.71. The number of aliphatic hydroxyl groups is 1. The number of rotatable bonds is 4. The van der Waals surface area contributed by atoms with Gasteiger partial charge < -0.3 is 19.3 Å². The number of hydrogen-bond acceptors (Lipinski definition) is 5. The normalized spacial score (nSPS) is 22.5. The van der Waals surface area contributed by atoms with Crippen molar-refractivity contribution in [1.82, 2.24) is 19.4 Å². The van der Waals surface area contributed by atoms with E-state index in [2.05, 4.69) is 14.5 Å². The van der Waals surface area contributed by atoms with E-state index < -0.39 is 6.10 Å². The zero-order valence-electron chi connectivity index (χ0n) is 15.5. The van der Waals surface area contributed by atoms with Gasteiger partial charge in [0.25, 0.3) is 5.91 Å². The summed E-state index contributed by atoms with van der Waals surface area (Å²) < 4.78 is 8.21. The summed E-state index contributed by atoms with van der Waals surface area (Å²) >= 11 is 0. The molecule has 2 saturated heterocycles. The van der Waals surface area contributed by atoms with Crippen molar-refractivity contribution < 1.29 is 14.6 Å². The first-order valence-corrected chi connectivity index (χ1v) is 9.19. The molecular formula is C18H30N4O3. The van der Waals surface area contributed by atoms with Crippen molar-refractivity contribution in [3.63, 3.8) is 0 Å². The van der Waals surface area contributed by atoms with E-state index in [1.807, 2.05) is 33.3 Å². The number of carbonyl (C=O) groups excluding carboxylic acids is 1. The number of amides is 1. The van der Waals surface area contributed by atoms with Crippen LogP contribution in [0.1, 0.15) is 32.5 Å². The molecule has 1 unspecified atom stereocenters. The number of nitrogens with zero attached hydrogens (tertiary/aromatic N) is 4. The number of piperidine rings is 1. The lowest BCUT2D eigenvalue weighted by Gasteiger charge is -2.47. The molecule has 3 heterocycles. The van der Waals surface area contributed by atoms with E-state index in [1.165, 1.54) is 0 Å². The molecule has 25 heavy (non-hydrogen) atoms. The first kappa shape index (κ1) is 18.4. The van der Waals surface area contributed by atoms with Crippen LogP contribution in [0.3, 0.4) is 0 Å². The maximum absolute atomic E-state index is 12.3. The Labute approximate surface area is 149 Å². The third-order valence-electron chi connectivity index (χ3n) is 5.48. The van der Waals surface area contributed by atoms with Crippen LogP contribution in [0.15, 0.2) is 12.4 Å². The Kier molecular flexibility index (Phi) is 5.46. The monoisotopic (exact) mass is 350 g/mol. The minimum absolute atomic E-state index is 0.0532. The topological polar surface area (TPSA) is 70.8 Å². The molecule has 1 N–H and O–H groups in total. The van der Waals surface area contributed by atoms with Gasteiger partial charge in [-0.15, -0.1) is 0 Å². The van der Waals surface area contributed by atoms with Crippen LogP contribution >= 0.6 is 0 Å². The number of morpholine rings is 1. The number of likely N-dealkylation sites (tertiary alicyclic amines) is 1. The third kappa shape index (κ3) is 4.04. The van der Waals surface area contributed by atoms with Gasteiger partial charge in [-0.25, -0.2) is 4.98 Å². The largest absolute Gasteiger partial charge is 0.383 e. The van der Waals surface area contributed by atoms with Gasteiger partial charge in [-0.05, 0) is 18.8 Å². The summed E-state index contributed by atoms with van der Waals surface area (Å²) in [6.45, 7) is 8.35. The van der Waals surface area contributed by atoms with Crippen molar-refractivity contribution >= 4 is 5.91 Å². The number of hydrogen-bond donors (Lipinski definition) is 1. The van der Waals surface area contributed by atoms with Gasteiger partial charge in [0.1, 0.15) is 11.9 Å². The first-order valence-electron chi connectivity index (χ1n) is 9.19. The molecule has 1 aromatic heterocycles. The van der Waals surface area contributed by atoms with Gasteiger partial charge in [0, 0.05) is 45.6 Å². The third-order valence-corrected chi connectivity index (χ3v) is 5.48. The summed E-state index contributed by atoms with van der Waals surface area (Å²) in [5, 5.41) is 10.0. The fraction of sp³-hybridized carbons (Fsp3) is 0.778. The van der Waals surface area contributed by atoms with Crippen molar-refractivity contribution in [3.8, 4) is 0 Å². The van der Waals surface area contributed by atoms with E-state index in [-0.39, 0.29) is 17.4 Å². The highest BCUT2D eigenvalue weighted by molar-refractivity contribution is 5.81. The quantitative estimate of drug-likeness (QED) is 0.862. The number of imidazole rings is 1. The van der Waals surface area contributed by atoms with Gasteiger partial charge in [0.05, 0.1) is 18.8 Å². The highest BCUT2D eigenvalue weighted by Gasteiger charge is 2.41.